The number of nitrogens with zero attached hydrogens (tertiary/aromatic N) is 1. The first kappa shape index (κ1) is 20.4. The monoisotopic (exact) mass is 352 g/mol. The summed E-state index contributed by atoms with van der Waals surface area (Å²) in [6.45, 7) is 7.67. The Morgan fingerprint density at radius 1 is 1.20 bits per heavy atom. The molecule has 0 saturated carbocycles. The Bertz CT molecular complexity index is 626. The minimum absolute atomic E-state index is 0.0176. The van der Waals surface area contributed by atoms with E-state index < -0.39 is 34.2 Å². The van der Waals surface area contributed by atoms with Crippen molar-refractivity contribution in [2.45, 2.75) is 51.8 Å². The molecule has 0 heterocycles. The van der Waals surface area contributed by atoms with Crippen LogP contribution in [0.15, 0.2) is 30.3 Å². The van der Waals surface area contributed by atoms with E-state index in [-0.39, 0.29) is 6.61 Å². The minimum Gasteiger partial charge on any atom is -0.461 e. The lowest BCUT2D eigenvalue weighted by molar-refractivity contribution is -0.556. The normalized spacial score (nSPS) is 14.8. The van der Waals surface area contributed by atoms with Crippen LogP contribution < -0.4 is 5.32 Å². The maximum atomic E-state index is 12.3. The summed E-state index contributed by atoms with van der Waals surface area (Å²) in [5, 5.41) is 14.2. The van der Waals surface area contributed by atoms with E-state index in [4.69, 9.17) is 9.47 Å². The molecule has 1 aromatic carbocycles. The van der Waals surface area contributed by atoms with E-state index in [9.17, 15) is 19.7 Å². The van der Waals surface area contributed by atoms with Gasteiger partial charge in [0.25, 0.3) is 0 Å². The second-order valence-corrected chi connectivity index (χ2v) is 6.62. The largest absolute Gasteiger partial charge is 0.461 e. The van der Waals surface area contributed by atoms with Gasteiger partial charge in [-0.15, -0.1) is 0 Å². The number of carbonyl (C=O) groups is 2. The molecule has 0 spiro atoms. The van der Waals surface area contributed by atoms with Crippen molar-refractivity contribution in [3.05, 3.63) is 46.0 Å². The lowest BCUT2D eigenvalue weighted by Gasteiger charge is -2.30. The Hall–Kier alpha value is -2.64. The van der Waals surface area contributed by atoms with Crippen molar-refractivity contribution in [1.82, 2.24) is 5.32 Å². The molecule has 8 heteroatoms. The van der Waals surface area contributed by atoms with Gasteiger partial charge in [0.15, 0.2) is 0 Å². The topological polar surface area (TPSA) is 108 Å². The van der Waals surface area contributed by atoms with Crippen LogP contribution in [0.1, 0.15) is 46.2 Å². The van der Waals surface area contributed by atoms with E-state index in [0.29, 0.717) is 5.56 Å². The number of carbonyl (C=O) groups excluding carboxylic acids is 2. The van der Waals surface area contributed by atoms with Crippen LogP contribution in [0.4, 0.5) is 4.79 Å². The van der Waals surface area contributed by atoms with Crippen molar-refractivity contribution in [2.24, 2.45) is 0 Å². The summed E-state index contributed by atoms with van der Waals surface area (Å²) in [5.41, 5.74) is -2.62. The van der Waals surface area contributed by atoms with Gasteiger partial charge in [0, 0.05) is 11.8 Å². The molecule has 1 aromatic rings. The van der Waals surface area contributed by atoms with E-state index in [2.05, 4.69) is 5.32 Å². The van der Waals surface area contributed by atoms with Crippen LogP contribution >= 0.6 is 0 Å². The number of esters is 1. The lowest BCUT2D eigenvalue weighted by atomic mass is 9.87. The number of hydrogen-bond acceptors (Lipinski definition) is 6. The molecule has 0 bridgehead atoms. The summed E-state index contributed by atoms with van der Waals surface area (Å²) in [6.07, 6.45) is -0.862. The highest BCUT2D eigenvalue weighted by Gasteiger charge is 2.56. The Labute approximate surface area is 146 Å². The lowest BCUT2D eigenvalue weighted by Crippen LogP contribution is -2.55. The number of ether oxygens (including phenoxy) is 2. The fourth-order valence-electron chi connectivity index (χ4n) is 2.19. The van der Waals surface area contributed by atoms with Crippen LogP contribution in [-0.4, -0.2) is 34.7 Å². The molecular formula is C17H24N2O6. The summed E-state index contributed by atoms with van der Waals surface area (Å²) in [5.74, 6) is -1.04. The van der Waals surface area contributed by atoms with Crippen molar-refractivity contribution < 1.29 is 24.0 Å². The highest BCUT2D eigenvalue weighted by Crippen LogP contribution is 2.30. The third-order valence-electron chi connectivity index (χ3n) is 3.42. The Morgan fingerprint density at radius 3 is 2.20 bits per heavy atom. The van der Waals surface area contributed by atoms with Crippen LogP contribution in [0.5, 0.6) is 0 Å². The van der Waals surface area contributed by atoms with Gasteiger partial charge in [0.2, 0.25) is 0 Å². The Morgan fingerprint density at radius 2 is 1.76 bits per heavy atom. The molecule has 0 saturated heterocycles. The second-order valence-electron chi connectivity index (χ2n) is 6.62. The molecule has 0 aliphatic rings. The summed E-state index contributed by atoms with van der Waals surface area (Å²) in [4.78, 5) is 35.5. The van der Waals surface area contributed by atoms with Crippen LogP contribution in [-0.2, 0) is 14.3 Å². The fourth-order valence-corrected chi connectivity index (χ4v) is 2.19. The molecule has 1 amide bonds. The van der Waals surface area contributed by atoms with E-state index in [1.165, 1.54) is 0 Å². The van der Waals surface area contributed by atoms with Gasteiger partial charge in [-0.3, -0.25) is 10.1 Å². The SMILES string of the molecule is CCOC(=O)[C@](C)([C@@H](NC(=O)OC(C)(C)C)c1ccccc1)[N+](=O)[O-]. The quantitative estimate of drug-likeness (QED) is 0.479. The molecule has 0 unspecified atom stereocenters. The maximum absolute atomic E-state index is 12.3. The first-order chi connectivity index (χ1) is 11.5. The van der Waals surface area contributed by atoms with Crippen LogP contribution in [0.3, 0.4) is 0 Å². The molecule has 0 aliphatic carbocycles. The van der Waals surface area contributed by atoms with Crippen molar-refractivity contribution in [2.75, 3.05) is 6.61 Å². The number of nitrogens with one attached hydrogen (secondary N) is 1. The van der Waals surface area contributed by atoms with Crippen molar-refractivity contribution >= 4 is 12.1 Å². The van der Waals surface area contributed by atoms with E-state index in [1.54, 1.807) is 58.0 Å². The van der Waals surface area contributed by atoms with Gasteiger partial charge >= 0.3 is 17.6 Å². The molecule has 0 aromatic heterocycles. The number of benzene rings is 1. The molecule has 0 fully saturated rings. The summed E-state index contributed by atoms with van der Waals surface area (Å²) < 4.78 is 10.1. The van der Waals surface area contributed by atoms with Gasteiger partial charge in [-0.1, -0.05) is 30.3 Å². The fraction of sp³-hybridized carbons (Fsp3) is 0.529. The zero-order valence-electron chi connectivity index (χ0n) is 15.1. The summed E-state index contributed by atoms with van der Waals surface area (Å²) in [7, 11) is 0. The van der Waals surface area contributed by atoms with Crippen molar-refractivity contribution in [3.8, 4) is 0 Å². The standard InChI is InChI=1S/C17H24N2O6/c1-6-24-14(20)17(5,19(22)23)13(12-10-8-7-9-11-12)18-15(21)25-16(2,3)4/h7-11,13H,6H2,1-5H3,(H,18,21)/t13-,17-/m0/s1. The molecule has 2 atom stereocenters. The molecule has 0 radical (unpaired) electrons. The second kappa shape index (κ2) is 7.96. The van der Waals surface area contributed by atoms with E-state index >= 15 is 0 Å². The smallest absolute Gasteiger partial charge is 0.408 e. The zero-order valence-corrected chi connectivity index (χ0v) is 15.1. The molecule has 0 aliphatic heterocycles. The van der Waals surface area contributed by atoms with Gasteiger partial charge in [-0.05, 0) is 33.3 Å². The number of hydrogen-bond donors (Lipinski definition) is 1. The Kier molecular flexibility index (Phi) is 6.49. The number of nitro groups is 1. The maximum Gasteiger partial charge on any atom is 0.408 e. The van der Waals surface area contributed by atoms with E-state index in [0.717, 1.165) is 6.92 Å². The third-order valence-corrected chi connectivity index (χ3v) is 3.42. The summed E-state index contributed by atoms with van der Waals surface area (Å²) >= 11 is 0. The van der Waals surface area contributed by atoms with Crippen LogP contribution in [0.25, 0.3) is 0 Å². The molecule has 25 heavy (non-hydrogen) atoms. The predicted octanol–water partition coefficient (Wildman–Crippen LogP) is 2.85. The highest BCUT2D eigenvalue weighted by atomic mass is 16.6. The van der Waals surface area contributed by atoms with Gasteiger partial charge < -0.3 is 14.8 Å². The van der Waals surface area contributed by atoms with Crippen molar-refractivity contribution in [1.29, 1.82) is 0 Å². The zero-order chi connectivity index (χ0) is 19.3. The summed E-state index contributed by atoms with van der Waals surface area (Å²) in [6, 6.07) is 6.95. The highest BCUT2D eigenvalue weighted by molar-refractivity contribution is 5.81. The molecule has 8 nitrogen and oxygen atoms in total. The first-order valence-corrected chi connectivity index (χ1v) is 7.88. The van der Waals surface area contributed by atoms with Gasteiger partial charge in [0.05, 0.1) is 6.61 Å². The molecule has 1 rings (SSSR count). The average molecular weight is 352 g/mol. The third kappa shape index (κ3) is 5.17. The minimum atomic E-state index is -2.21. The van der Waals surface area contributed by atoms with Crippen LogP contribution in [0, 0.1) is 10.1 Å². The molecule has 1 N–H and O–H groups in total. The first-order valence-electron chi connectivity index (χ1n) is 7.88. The number of rotatable bonds is 6. The number of amides is 1. The van der Waals surface area contributed by atoms with Crippen molar-refractivity contribution in [3.63, 3.8) is 0 Å². The van der Waals surface area contributed by atoms with Gasteiger partial charge in [-0.25, -0.2) is 9.59 Å². The molecular weight excluding hydrogens is 328 g/mol. The number of alkyl carbamates (subject to hydrolysis) is 1. The molecule has 138 valence electrons. The van der Waals surface area contributed by atoms with Gasteiger partial charge in [0.1, 0.15) is 11.6 Å². The average Bonchev–Trinajstić information content (AvgIpc) is 2.51. The Balaban J connectivity index is 3.31. The van der Waals surface area contributed by atoms with Crippen LogP contribution in [0.2, 0.25) is 0 Å². The predicted molar refractivity (Wildman–Crippen MR) is 90.6 cm³/mol. The van der Waals surface area contributed by atoms with Gasteiger partial charge in [-0.2, -0.15) is 0 Å². The van der Waals surface area contributed by atoms with E-state index in [1.807, 2.05) is 0 Å².